The second kappa shape index (κ2) is 10.00. The van der Waals surface area contributed by atoms with Gasteiger partial charge in [-0.25, -0.2) is 4.79 Å². The summed E-state index contributed by atoms with van der Waals surface area (Å²) in [6.07, 6.45) is 2.58. The second-order valence-corrected chi connectivity index (χ2v) is 8.64. The normalized spacial score (nSPS) is 12.0. The quantitative estimate of drug-likeness (QED) is 0.274. The van der Waals surface area contributed by atoms with Crippen LogP contribution in [0.25, 0.3) is 21.9 Å². The maximum atomic E-state index is 13.0. The van der Waals surface area contributed by atoms with Crippen LogP contribution < -0.4 is 15.7 Å². The molecule has 182 valence electrons. The van der Waals surface area contributed by atoms with Gasteiger partial charge in [0.2, 0.25) is 5.91 Å². The molecular weight excluding hydrogens is 456 g/mol. The maximum Gasteiger partial charge on any atom is 0.343 e. The van der Waals surface area contributed by atoms with E-state index in [2.05, 4.69) is 10.3 Å². The largest absolute Gasteiger partial charge is 0.507 e. The smallest absolute Gasteiger partial charge is 0.343 e. The summed E-state index contributed by atoms with van der Waals surface area (Å²) in [5.74, 6) is -0.461. The third-order valence-electron chi connectivity index (χ3n) is 6.47. The summed E-state index contributed by atoms with van der Waals surface area (Å²) in [5, 5.41) is 15.6. The predicted molar refractivity (Wildman–Crippen MR) is 139 cm³/mol. The van der Waals surface area contributed by atoms with Crippen molar-refractivity contribution in [2.75, 3.05) is 13.7 Å². The van der Waals surface area contributed by atoms with Crippen LogP contribution in [0.4, 0.5) is 0 Å². The number of carbonyl (C=O) groups excluding carboxylic acids is 1. The first-order valence-electron chi connectivity index (χ1n) is 11.8. The van der Waals surface area contributed by atoms with Crippen LogP contribution in [-0.4, -0.2) is 29.7 Å². The molecule has 0 spiro atoms. The van der Waals surface area contributed by atoms with Gasteiger partial charge >= 0.3 is 5.63 Å². The Bertz CT molecular complexity index is 1580. The van der Waals surface area contributed by atoms with Gasteiger partial charge in [0.1, 0.15) is 17.1 Å². The summed E-state index contributed by atoms with van der Waals surface area (Å²) in [6, 6.07) is 21.9. The Hall–Kier alpha value is -4.52. The summed E-state index contributed by atoms with van der Waals surface area (Å²) in [5.41, 5.74) is 2.55. The minimum absolute atomic E-state index is 0.0309. The lowest BCUT2D eigenvalue weighted by Gasteiger charge is -2.19. The number of amides is 1. The van der Waals surface area contributed by atoms with Crippen LogP contribution in [0.1, 0.15) is 29.0 Å². The highest BCUT2D eigenvalue weighted by Crippen LogP contribution is 2.36. The van der Waals surface area contributed by atoms with Crippen molar-refractivity contribution in [2.45, 2.75) is 18.8 Å². The third kappa shape index (κ3) is 4.55. The number of para-hydroxylation sites is 2. The monoisotopic (exact) mass is 482 g/mol. The summed E-state index contributed by atoms with van der Waals surface area (Å²) in [7, 11) is 1.57. The lowest BCUT2D eigenvalue weighted by atomic mass is 9.88. The average molecular weight is 483 g/mol. The van der Waals surface area contributed by atoms with Gasteiger partial charge in [-0.15, -0.1) is 0 Å². The van der Waals surface area contributed by atoms with Crippen LogP contribution in [-0.2, 0) is 11.2 Å². The van der Waals surface area contributed by atoms with Gasteiger partial charge in [0.05, 0.1) is 18.1 Å². The fraction of sp³-hybridized carbons (Fsp3) is 0.172. The van der Waals surface area contributed by atoms with Gasteiger partial charge in [-0.3, -0.25) is 4.79 Å². The number of fused-ring (bicyclic) bond motifs is 2. The number of hydrogen-bond acceptors (Lipinski definition) is 5. The maximum absolute atomic E-state index is 13.0. The molecule has 7 nitrogen and oxygen atoms in total. The molecule has 0 aliphatic rings. The van der Waals surface area contributed by atoms with Crippen molar-refractivity contribution in [1.82, 2.24) is 10.3 Å². The molecule has 3 N–H and O–H groups in total. The molecule has 0 aliphatic heterocycles. The number of H-pyrrole nitrogens is 1. The number of benzene rings is 3. The van der Waals surface area contributed by atoms with Crippen molar-refractivity contribution in [3.63, 3.8) is 0 Å². The second-order valence-electron chi connectivity index (χ2n) is 8.64. The Morgan fingerprint density at radius 1 is 1.03 bits per heavy atom. The van der Waals surface area contributed by atoms with Gasteiger partial charge in [0.25, 0.3) is 0 Å². The lowest BCUT2D eigenvalue weighted by Crippen LogP contribution is -2.28. The SMILES string of the molecule is COc1ccc(C(CC(=O)NCCc2c[nH]c3ccccc23)c2c(O)c3ccccc3oc2=O)cc1. The highest BCUT2D eigenvalue weighted by atomic mass is 16.5. The number of hydrogen-bond donors (Lipinski definition) is 3. The molecule has 0 aliphatic carbocycles. The number of nitrogens with one attached hydrogen (secondary N) is 2. The number of aromatic nitrogens is 1. The van der Waals surface area contributed by atoms with E-state index in [1.165, 1.54) is 0 Å². The molecule has 3 aromatic carbocycles. The Balaban J connectivity index is 1.41. The minimum Gasteiger partial charge on any atom is -0.507 e. The fourth-order valence-corrected chi connectivity index (χ4v) is 4.61. The lowest BCUT2D eigenvalue weighted by molar-refractivity contribution is -0.121. The molecule has 5 rings (SSSR count). The number of aromatic amines is 1. The van der Waals surface area contributed by atoms with Crippen molar-refractivity contribution in [3.8, 4) is 11.5 Å². The van der Waals surface area contributed by atoms with E-state index in [1.807, 2.05) is 30.5 Å². The van der Waals surface area contributed by atoms with Gasteiger partial charge in [-0.1, -0.05) is 42.5 Å². The number of carbonyl (C=O) groups is 1. The van der Waals surface area contributed by atoms with E-state index in [-0.39, 0.29) is 23.6 Å². The zero-order chi connectivity index (χ0) is 25.1. The molecule has 0 bridgehead atoms. The minimum atomic E-state index is -0.704. The zero-order valence-electron chi connectivity index (χ0n) is 19.8. The number of aromatic hydroxyl groups is 1. The highest BCUT2D eigenvalue weighted by Gasteiger charge is 2.27. The summed E-state index contributed by atoms with van der Waals surface area (Å²) in [6.45, 7) is 0.439. The first kappa shape index (κ1) is 23.2. The zero-order valence-corrected chi connectivity index (χ0v) is 19.8. The van der Waals surface area contributed by atoms with Crippen molar-refractivity contribution in [3.05, 3.63) is 106 Å². The van der Waals surface area contributed by atoms with Gasteiger partial charge in [0.15, 0.2) is 0 Å². The van der Waals surface area contributed by atoms with E-state index in [1.54, 1.807) is 55.6 Å². The molecular formula is C29H26N2O5. The molecule has 0 radical (unpaired) electrons. The topological polar surface area (TPSA) is 105 Å². The molecule has 0 saturated heterocycles. The fourth-order valence-electron chi connectivity index (χ4n) is 4.61. The first-order valence-corrected chi connectivity index (χ1v) is 11.8. The van der Waals surface area contributed by atoms with E-state index in [0.717, 1.165) is 16.5 Å². The van der Waals surface area contributed by atoms with Crippen LogP contribution in [0.2, 0.25) is 0 Å². The molecule has 1 unspecified atom stereocenters. The van der Waals surface area contributed by atoms with Gasteiger partial charge in [0, 0.05) is 36.0 Å². The Labute approximate surface area is 207 Å². The molecule has 0 fully saturated rings. The average Bonchev–Trinajstić information content (AvgIpc) is 3.31. The van der Waals surface area contributed by atoms with Gasteiger partial charge in [-0.2, -0.15) is 0 Å². The van der Waals surface area contributed by atoms with E-state index in [4.69, 9.17) is 9.15 Å². The molecule has 2 aromatic heterocycles. The van der Waals surface area contributed by atoms with E-state index in [0.29, 0.717) is 35.2 Å². The van der Waals surface area contributed by atoms with E-state index < -0.39 is 11.5 Å². The van der Waals surface area contributed by atoms with Crippen LogP contribution in [0.5, 0.6) is 11.5 Å². The van der Waals surface area contributed by atoms with Gasteiger partial charge < -0.3 is 24.6 Å². The first-order chi connectivity index (χ1) is 17.5. The summed E-state index contributed by atoms with van der Waals surface area (Å²) in [4.78, 5) is 29.3. The highest BCUT2D eigenvalue weighted by molar-refractivity contribution is 5.85. The number of rotatable bonds is 8. The Morgan fingerprint density at radius 2 is 1.75 bits per heavy atom. The molecule has 7 heteroatoms. The van der Waals surface area contributed by atoms with Crippen molar-refractivity contribution in [2.24, 2.45) is 0 Å². The predicted octanol–water partition coefficient (Wildman–Crippen LogP) is 4.87. The molecule has 2 heterocycles. The Morgan fingerprint density at radius 3 is 2.53 bits per heavy atom. The van der Waals surface area contributed by atoms with Crippen molar-refractivity contribution in [1.29, 1.82) is 0 Å². The van der Waals surface area contributed by atoms with Crippen LogP contribution in [0.15, 0.2) is 88.2 Å². The van der Waals surface area contributed by atoms with E-state index >= 15 is 0 Å². The molecule has 36 heavy (non-hydrogen) atoms. The van der Waals surface area contributed by atoms with Crippen molar-refractivity contribution >= 4 is 27.8 Å². The summed E-state index contributed by atoms with van der Waals surface area (Å²) < 4.78 is 10.7. The standard InChI is InChI=1S/C29H26N2O5/c1-35-20-12-10-18(11-13-20)23(27-28(33)22-7-3-5-9-25(22)36-29(27)34)16-26(32)30-15-14-19-17-31-24-8-4-2-6-21(19)24/h2-13,17,23,31,33H,14-16H2,1H3,(H,30,32). The third-order valence-corrected chi connectivity index (χ3v) is 6.47. The van der Waals surface area contributed by atoms with Crippen LogP contribution in [0, 0.1) is 0 Å². The van der Waals surface area contributed by atoms with Crippen molar-refractivity contribution < 1.29 is 19.1 Å². The molecule has 0 saturated carbocycles. The molecule has 1 atom stereocenters. The number of methoxy groups -OCH3 is 1. The van der Waals surface area contributed by atoms with E-state index in [9.17, 15) is 14.7 Å². The summed E-state index contributed by atoms with van der Waals surface area (Å²) >= 11 is 0. The molecule has 5 aromatic rings. The number of ether oxygens (including phenoxy) is 1. The van der Waals surface area contributed by atoms with Gasteiger partial charge in [-0.05, 0) is 47.9 Å². The molecule has 1 amide bonds. The van der Waals surface area contributed by atoms with Crippen LogP contribution >= 0.6 is 0 Å². The van der Waals surface area contributed by atoms with Crippen LogP contribution in [0.3, 0.4) is 0 Å². The Kier molecular flexibility index (Phi) is 6.45.